The van der Waals surface area contributed by atoms with E-state index in [4.69, 9.17) is 18.0 Å². The van der Waals surface area contributed by atoms with Gasteiger partial charge in [0.2, 0.25) is 0 Å². The molecular formula is C15H20BrFN2S. The predicted octanol–water partition coefficient (Wildman–Crippen LogP) is 4.60. The van der Waals surface area contributed by atoms with Crippen LogP contribution in [0.1, 0.15) is 44.6 Å². The van der Waals surface area contributed by atoms with Crippen LogP contribution in [-0.4, -0.2) is 11.0 Å². The minimum Gasteiger partial charge on any atom is -0.389 e. The molecule has 2 nitrogen and oxygen atoms in total. The molecule has 1 aliphatic rings. The molecule has 3 N–H and O–H groups in total. The first kappa shape index (κ1) is 15.7. The fraction of sp³-hybridized carbons (Fsp3) is 0.533. The van der Waals surface area contributed by atoms with E-state index in [2.05, 4.69) is 28.2 Å². The van der Waals surface area contributed by atoms with Crippen molar-refractivity contribution in [1.29, 1.82) is 0 Å². The summed E-state index contributed by atoms with van der Waals surface area (Å²) in [6.07, 6.45) is 5.92. The summed E-state index contributed by atoms with van der Waals surface area (Å²) in [6, 6.07) is 3.84. The highest BCUT2D eigenvalue weighted by Gasteiger charge is 2.22. The van der Waals surface area contributed by atoms with Crippen LogP contribution < -0.4 is 11.1 Å². The van der Waals surface area contributed by atoms with E-state index >= 15 is 0 Å². The SMILES string of the molecule is CCC1CCCC(Nc2ccc(C(N)=S)c(Br)c2F)C1. The lowest BCUT2D eigenvalue weighted by molar-refractivity contribution is 0.327. The molecule has 0 radical (unpaired) electrons. The molecule has 0 aliphatic heterocycles. The van der Waals surface area contributed by atoms with Crippen LogP contribution in [0.25, 0.3) is 0 Å². The summed E-state index contributed by atoms with van der Waals surface area (Å²) >= 11 is 8.15. The summed E-state index contributed by atoms with van der Waals surface area (Å²) in [5.41, 5.74) is 6.63. The average molecular weight is 359 g/mol. The number of rotatable bonds is 4. The lowest BCUT2D eigenvalue weighted by Gasteiger charge is -2.30. The zero-order valence-electron chi connectivity index (χ0n) is 11.6. The van der Waals surface area contributed by atoms with Gasteiger partial charge in [0.25, 0.3) is 0 Å². The molecule has 2 unspecified atom stereocenters. The standard InChI is InChI=1S/C15H20BrFN2S/c1-2-9-4-3-5-10(8-9)19-12-7-6-11(15(18)20)13(16)14(12)17/h6-7,9-10,19H,2-5,8H2,1H3,(H2,18,20). The second kappa shape index (κ2) is 6.85. The summed E-state index contributed by atoms with van der Waals surface area (Å²) in [5, 5.41) is 3.33. The largest absolute Gasteiger partial charge is 0.389 e. The highest BCUT2D eigenvalue weighted by Crippen LogP contribution is 2.32. The van der Waals surface area contributed by atoms with Crippen molar-refractivity contribution < 1.29 is 4.39 Å². The van der Waals surface area contributed by atoms with E-state index in [1.165, 1.54) is 19.3 Å². The molecular weight excluding hydrogens is 339 g/mol. The van der Waals surface area contributed by atoms with E-state index in [0.29, 0.717) is 21.8 Å². The fourth-order valence-electron chi connectivity index (χ4n) is 2.86. The first-order valence-electron chi connectivity index (χ1n) is 7.07. The Kier molecular flexibility index (Phi) is 5.38. The van der Waals surface area contributed by atoms with Crippen molar-refractivity contribution >= 4 is 38.8 Å². The molecule has 0 saturated heterocycles. The van der Waals surface area contributed by atoms with Gasteiger partial charge in [0.05, 0.1) is 10.2 Å². The molecule has 2 rings (SSSR count). The van der Waals surface area contributed by atoms with Crippen molar-refractivity contribution in [1.82, 2.24) is 0 Å². The summed E-state index contributed by atoms with van der Waals surface area (Å²) < 4.78 is 14.7. The molecule has 1 aromatic carbocycles. The smallest absolute Gasteiger partial charge is 0.161 e. The van der Waals surface area contributed by atoms with Gasteiger partial charge in [0.1, 0.15) is 4.99 Å². The van der Waals surface area contributed by atoms with E-state index in [9.17, 15) is 4.39 Å². The van der Waals surface area contributed by atoms with Gasteiger partial charge in [-0.15, -0.1) is 0 Å². The van der Waals surface area contributed by atoms with Gasteiger partial charge in [-0.1, -0.05) is 38.4 Å². The maximum Gasteiger partial charge on any atom is 0.161 e. The second-order valence-electron chi connectivity index (χ2n) is 5.44. The number of anilines is 1. The van der Waals surface area contributed by atoms with Gasteiger partial charge in [0.15, 0.2) is 5.82 Å². The minimum absolute atomic E-state index is 0.200. The normalized spacial score (nSPS) is 22.6. The van der Waals surface area contributed by atoms with E-state index in [0.717, 1.165) is 18.8 Å². The Morgan fingerprint density at radius 2 is 2.25 bits per heavy atom. The number of thiocarbonyl (C=S) groups is 1. The zero-order valence-corrected chi connectivity index (χ0v) is 14.0. The fourth-order valence-corrected chi connectivity index (χ4v) is 3.72. The zero-order chi connectivity index (χ0) is 14.7. The number of hydrogen-bond acceptors (Lipinski definition) is 2. The first-order valence-corrected chi connectivity index (χ1v) is 8.27. The van der Waals surface area contributed by atoms with Crippen LogP contribution in [0, 0.1) is 11.7 Å². The van der Waals surface area contributed by atoms with Crippen LogP contribution in [0.5, 0.6) is 0 Å². The Bertz CT molecular complexity index is 507. The van der Waals surface area contributed by atoms with Gasteiger partial charge in [-0.05, 0) is 46.8 Å². The Morgan fingerprint density at radius 1 is 1.50 bits per heavy atom. The van der Waals surface area contributed by atoms with Crippen LogP contribution in [0.3, 0.4) is 0 Å². The average Bonchev–Trinajstić information content (AvgIpc) is 2.44. The van der Waals surface area contributed by atoms with Crippen LogP contribution in [0.2, 0.25) is 0 Å². The number of benzene rings is 1. The number of nitrogens with one attached hydrogen (secondary N) is 1. The van der Waals surface area contributed by atoms with Crippen LogP contribution in [0.15, 0.2) is 16.6 Å². The second-order valence-corrected chi connectivity index (χ2v) is 6.67. The minimum atomic E-state index is -0.311. The first-order chi connectivity index (χ1) is 9.52. The Morgan fingerprint density at radius 3 is 2.90 bits per heavy atom. The topological polar surface area (TPSA) is 38.0 Å². The molecule has 0 heterocycles. The third kappa shape index (κ3) is 3.50. The van der Waals surface area contributed by atoms with Crippen LogP contribution in [-0.2, 0) is 0 Å². The van der Waals surface area contributed by atoms with E-state index in [-0.39, 0.29) is 10.8 Å². The molecule has 0 bridgehead atoms. The van der Waals surface area contributed by atoms with Crippen molar-refractivity contribution in [3.05, 3.63) is 28.0 Å². The van der Waals surface area contributed by atoms with Gasteiger partial charge in [0, 0.05) is 11.6 Å². The molecule has 1 aliphatic carbocycles. The van der Waals surface area contributed by atoms with Crippen LogP contribution >= 0.6 is 28.1 Å². The van der Waals surface area contributed by atoms with Gasteiger partial charge in [-0.2, -0.15) is 0 Å². The van der Waals surface area contributed by atoms with Gasteiger partial charge >= 0.3 is 0 Å². The molecule has 0 aromatic heterocycles. The van der Waals surface area contributed by atoms with Crippen molar-refractivity contribution in [2.24, 2.45) is 11.7 Å². The van der Waals surface area contributed by atoms with Crippen LogP contribution in [0.4, 0.5) is 10.1 Å². The quantitative estimate of drug-likeness (QED) is 0.772. The summed E-state index contributed by atoms with van der Waals surface area (Å²) in [5.74, 6) is 0.442. The molecule has 1 saturated carbocycles. The lowest BCUT2D eigenvalue weighted by atomic mass is 9.84. The highest BCUT2D eigenvalue weighted by atomic mass is 79.9. The summed E-state index contributed by atoms with van der Waals surface area (Å²) in [4.78, 5) is 0.200. The lowest BCUT2D eigenvalue weighted by Crippen LogP contribution is -2.27. The molecule has 5 heteroatoms. The molecule has 2 atom stereocenters. The molecule has 0 spiro atoms. The van der Waals surface area contributed by atoms with Crippen molar-refractivity contribution in [2.45, 2.75) is 45.1 Å². The van der Waals surface area contributed by atoms with E-state index in [1.54, 1.807) is 12.1 Å². The summed E-state index contributed by atoms with van der Waals surface area (Å²) in [6.45, 7) is 2.22. The Labute approximate surface area is 133 Å². The number of hydrogen-bond donors (Lipinski definition) is 2. The van der Waals surface area contributed by atoms with Crippen molar-refractivity contribution in [2.75, 3.05) is 5.32 Å². The van der Waals surface area contributed by atoms with E-state index < -0.39 is 0 Å². The Hall–Kier alpha value is -0.680. The Balaban J connectivity index is 2.14. The third-order valence-corrected chi connectivity index (χ3v) is 5.06. The number of nitrogens with two attached hydrogens (primary N) is 1. The van der Waals surface area contributed by atoms with Gasteiger partial charge in [-0.25, -0.2) is 4.39 Å². The van der Waals surface area contributed by atoms with Gasteiger partial charge in [-0.3, -0.25) is 0 Å². The molecule has 0 amide bonds. The highest BCUT2D eigenvalue weighted by molar-refractivity contribution is 9.10. The maximum atomic E-state index is 14.3. The predicted molar refractivity (Wildman–Crippen MR) is 89.6 cm³/mol. The summed E-state index contributed by atoms with van der Waals surface area (Å²) in [7, 11) is 0. The van der Waals surface area contributed by atoms with E-state index in [1.807, 2.05) is 0 Å². The number of halogens is 2. The molecule has 20 heavy (non-hydrogen) atoms. The molecule has 1 aromatic rings. The third-order valence-electron chi connectivity index (χ3n) is 4.07. The molecule has 1 fully saturated rings. The van der Waals surface area contributed by atoms with Gasteiger partial charge < -0.3 is 11.1 Å². The van der Waals surface area contributed by atoms with Crippen molar-refractivity contribution in [3.63, 3.8) is 0 Å². The van der Waals surface area contributed by atoms with Crippen molar-refractivity contribution in [3.8, 4) is 0 Å². The monoisotopic (exact) mass is 358 g/mol. The molecule has 110 valence electrons. The maximum absolute atomic E-state index is 14.3.